The molecule has 1 rings (SSSR count). The minimum Gasteiger partial charge on any atom is -0.372 e. The summed E-state index contributed by atoms with van der Waals surface area (Å²) in [6.07, 6.45) is 5.07. The molecule has 0 aromatic heterocycles. The Morgan fingerprint density at radius 3 is 1.88 bits per heavy atom. The number of hydrogen-bond donors (Lipinski definition) is 0. The topological polar surface area (TPSA) is 3.24 Å². The minimum absolute atomic E-state index is 1.09. The van der Waals surface area contributed by atoms with Crippen LogP contribution in [0.5, 0.6) is 0 Å². The van der Waals surface area contributed by atoms with E-state index in [9.17, 15) is 0 Å². The van der Waals surface area contributed by atoms with E-state index in [1.807, 2.05) is 0 Å². The number of benzene rings is 1. The van der Waals surface area contributed by atoms with Crippen molar-refractivity contribution in [2.24, 2.45) is 0 Å². The second-order valence-corrected chi connectivity index (χ2v) is 4.36. The second-order valence-electron chi connectivity index (χ2n) is 4.36. The molecule has 1 heteroatoms. The van der Waals surface area contributed by atoms with Crippen LogP contribution in [0.4, 0.5) is 5.69 Å². The molecule has 0 aliphatic heterocycles. The molecule has 1 nitrogen and oxygen atoms in total. The lowest BCUT2D eigenvalue weighted by molar-refractivity contribution is 0.678. The summed E-state index contributed by atoms with van der Waals surface area (Å²) in [5.74, 6) is 0. The lowest BCUT2D eigenvalue weighted by Crippen LogP contribution is -2.25. The molecule has 0 saturated carbocycles. The van der Waals surface area contributed by atoms with E-state index in [2.05, 4.69) is 49.9 Å². The van der Waals surface area contributed by atoms with Crippen LogP contribution in [0.25, 0.3) is 0 Å². The molecule has 0 saturated heterocycles. The van der Waals surface area contributed by atoms with Gasteiger partial charge in [0.2, 0.25) is 0 Å². The number of anilines is 1. The molecule has 1 aromatic carbocycles. The van der Waals surface area contributed by atoms with Crippen LogP contribution in [-0.4, -0.2) is 13.1 Å². The van der Waals surface area contributed by atoms with Gasteiger partial charge in [-0.25, -0.2) is 0 Å². The molecular weight excluding hydrogens is 194 g/mol. The van der Waals surface area contributed by atoms with E-state index in [4.69, 9.17) is 0 Å². The second kappa shape index (κ2) is 7.32. The lowest BCUT2D eigenvalue weighted by Gasteiger charge is -2.24. The molecular formula is C15H24N. The smallest absolute Gasteiger partial charge is 0.0366 e. The van der Waals surface area contributed by atoms with Crippen LogP contribution >= 0.6 is 0 Å². The SMILES string of the molecule is [CH2]c1ccc(N(CCCC)CCCC)cc1. The summed E-state index contributed by atoms with van der Waals surface area (Å²) in [5, 5.41) is 0. The van der Waals surface area contributed by atoms with E-state index in [1.54, 1.807) is 0 Å². The highest BCUT2D eigenvalue weighted by Gasteiger charge is 2.04. The molecule has 0 bridgehead atoms. The normalized spacial score (nSPS) is 10.4. The van der Waals surface area contributed by atoms with Crippen molar-refractivity contribution in [3.05, 3.63) is 36.8 Å². The third-order valence-corrected chi connectivity index (χ3v) is 2.86. The Morgan fingerprint density at radius 2 is 1.44 bits per heavy atom. The van der Waals surface area contributed by atoms with Crippen molar-refractivity contribution in [1.29, 1.82) is 0 Å². The van der Waals surface area contributed by atoms with Crippen molar-refractivity contribution in [1.82, 2.24) is 0 Å². The Hall–Kier alpha value is -0.980. The maximum absolute atomic E-state index is 3.93. The number of nitrogens with zero attached hydrogens (tertiary/aromatic N) is 1. The largest absolute Gasteiger partial charge is 0.372 e. The van der Waals surface area contributed by atoms with Gasteiger partial charge in [-0.15, -0.1) is 0 Å². The maximum Gasteiger partial charge on any atom is 0.0366 e. The molecule has 0 N–H and O–H groups in total. The van der Waals surface area contributed by atoms with E-state index in [1.165, 1.54) is 44.5 Å². The predicted molar refractivity (Wildman–Crippen MR) is 72.9 cm³/mol. The van der Waals surface area contributed by atoms with Gasteiger partial charge in [-0.1, -0.05) is 38.8 Å². The minimum atomic E-state index is 1.09. The summed E-state index contributed by atoms with van der Waals surface area (Å²) < 4.78 is 0. The fourth-order valence-electron chi connectivity index (χ4n) is 1.77. The van der Waals surface area contributed by atoms with Gasteiger partial charge in [0, 0.05) is 18.8 Å². The Kier molecular flexibility index (Phi) is 5.99. The molecule has 0 aliphatic rings. The Balaban J connectivity index is 2.62. The molecule has 1 aromatic rings. The van der Waals surface area contributed by atoms with Gasteiger partial charge < -0.3 is 4.90 Å². The first kappa shape index (κ1) is 13.1. The summed E-state index contributed by atoms with van der Waals surface area (Å²) in [7, 11) is 0. The Morgan fingerprint density at radius 1 is 0.938 bits per heavy atom. The van der Waals surface area contributed by atoms with Gasteiger partial charge in [0.1, 0.15) is 0 Å². The van der Waals surface area contributed by atoms with Crippen molar-refractivity contribution in [3.8, 4) is 0 Å². The fraction of sp³-hybridized carbons (Fsp3) is 0.533. The zero-order valence-corrected chi connectivity index (χ0v) is 10.7. The van der Waals surface area contributed by atoms with E-state index in [0.717, 1.165) is 5.56 Å². The summed E-state index contributed by atoms with van der Waals surface area (Å²) in [4.78, 5) is 2.49. The monoisotopic (exact) mass is 218 g/mol. The number of hydrogen-bond acceptors (Lipinski definition) is 1. The van der Waals surface area contributed by atoms with Crippen molar-refractivity contribution >= 4 is 5.69 Å². The maximum atomic E-state index is 3.93. The zero-order valence-electron chi connectivity index (χ0n) is 10.7. The molecule has 0 fully saturated rings. The molecule has 89 valence electrons. The van der Waals surface area contributed by atoms with Gasteiger partial charge >= 0.3 is 0 Å². The van der Waals surface area contributed by atoms with Gasteiger partial charge in [0.05, 0.1) is 0 Å². The van der Waals surface area contributed by atoms with Crippen LogP contribution < -0.4 is 4.90 Å². The van der Waals surface area contributed by atoms with E-state index in [0.29, 0.717) is 0 Å². The highest BCUT2D eigenvalue weighted by atomic mass is 15.1. The third kappa shape index (κ3) is 4.26. The van der Waals surface area contributed by atoms with Gasteiger partial charge in [-0.05, 0) is 37.5 Å². The quantitative estimate of drug-likeness (QED) is 0.660. The summed E-state index contributed by atoms with van der Waals surface area (Å²) in [5.41, 5.74) is 2.43. The standard InChI is InChI=1S/C15H24N/c1-4-6-12-16(13-7-5-2)15-10-8-14(3)9-11-15/h8-11H,3-7,12-13H2,1-2H3. The summed E-state index contributed by atoms with van der Waals surface area (Å²) in [6, 6.07) is 8.57. The summed E-state index contributed by atoms with van der Waals surface area (Å²) >= 11 is 0. The number of unbranched alkanes of at least 4 members (excludes halogenated alkanes) is 2. The Labute approximate surface area is 100 Å². The number of rotatable bonds is 7. The van der Waals surface area contributed by atoms with Crippen LogP contribution in [0.15, 0.2) is 24.3 Å². The predicted octanol–water partition coefficient (Wildman–Crippen LogP) is 4.28. The molecule has 0 unspecified atom stereocenters. The molecule has 0 amide bonds. The van der Waals surface area contributed by atoms with E-state index in [-0.39, 0.29) is 0 Å². The van der Waals surface area contributed by atoms with Gasteiger partial charge in [0.25, 0.3) is 0 Å². The Bertz CT molecular complexity index is 268. The fourth-order valence-corrected chi connectivity index (χ4v) is 1.77. The van der Waals surface area contributed by atoms with E-state index < -0.39 is 0 Å². The van der Waals surface area contributed by atoms with Crippen LogP contribution in [0.3, 0.4) is 0 Å². The first-order valence-electron chi connectivity index (χ1n) is 6.45. The van der Waals surface area contributed by atoms with Gasteiger partial charge in [-0.2, -0.15) is 0 Å². The van der Waals surface area contributed by atoms with Crippen molar-refractivity contribution in [2.45, 2.75) is 39.5 Å². The molecule has 0 heterocycles. The molecule has 0 spiro atoms. The average molecular weight is 218 g/mol. The van der Waals surface area contributed by atoms with Gasteiger partial charge in [-0.3, -0.25) is 0 Å². The van der Waals surface area contributed by atoms with Crippen LogP contribution in [0.2, 0.25) is 0 Å². The van der Waals surface area contributed by atoms with Crippen molar-refractivity contribution in [3.63, 3.8) is 0 Å². The first-order valence-corrected chi connectivity index (χ1v) is 6.45. The first-order chi connectivity index (χ1) is 7.77. The summed E-state index contributed by atoms with van der Waals surface area (Å²) in [6.45, 7) is 10.8. The van der Waals surface area contributed by atoms with Crippen molar-refractivity contribution < 1.29 is 0 Å². The third-order valence-electron chi connectivity index (χ3n) is 2.86. The van der Waals surface area contributed by atoms with Crippen LogP contribution in [-0.2, 0) is 0 Å². The lowest BCUT2D eigenvalue weighted by atomic mass is 10.2. The van der Waals surface area contributed by atoms with Crippen LogP contribution in [0.1, 0.15) is 45.1 Å². The highest BCUT2D eigenvalue weighted by molar-refractivity contribution is 5.47. The molecule has 16 heavy (non-hydrogen) atoms. The van der Waals surface area contributed by atoms with E-state index >= 15 is 0 Å². The molecule has 0 aliphatic carbocycles. The molecule has 0 atom stereocenters. The highest BCUT2D eigenvalue weighted by Crippen LogP contribution is 2.16. The van der Waals surface area contributed by atoms with Crippen molar-refractivity contribution in [2.75, 3.05) is 18.0 Å². The molecule has 1 radical (unpaired) electrons. The zero-order chi connectivity index (χ0) is 11.8. The van der Waals surface area contributed by atoms with Gasteiger partial charge in [0.15, 0.2) is 0 Å². The van der Waals surface area contributed by atoms with Crippen LogP contribution in [0, 0.1) is 6.92 Å². The average Bonchev–Trinajstić information content (AvgIpc) is 2.31.